The largest absolute Gasteiger partial charge is 0.482 e. The molecule has 0 unspecified atom stereocenters. The maximum absolute atomic E-state index is 11.8. The number of aromatic nitrogens is 2. The Balaban J connectivity index is 1.58. The molecule has 0 aliphatic rings. The van der Waals surface area contributed by atoms with Gasteiger partial charge >= 0.3 is 0 Å². The molecule has 0 bridgehead atoms. The summed E-state index contributed by atoms with van der Waals surface area (Å²) < 4.78 is 10.4. The van der Waals surface area contributed by atoms with Crippen molar-refractivity contribution in [2.24, 2.45) is 0 Å². The number of benzene rings is 2. The number of hydrogen-bond donors (Lipinski definition) is 1. The first-order valence-electron chi connectivity index (χ1n) is 6.79. The summed E-state index contributed by atoms with van der Waals surface area (Å²) in [4.78, 5) is 15.9. The quantitative estimate of drug-likeness (QED) is 0.776. The minimum absolute atomic E-state index is 0.0802. The molecule has 0 saturated carbocycles. The molecule has 1 heterocycles. The van der Waals surface area contributed by atoms with Gasteiger partial charge in [-0.05, 0) is 29.4 Å². The zero-order chi connectivity index (χ0) is 16.1. The summed E-state index contributed by atoms with van der Waals surface area (Å²) in [5, 5.41) is 6.64. The molecular weight excluding hydrogens is 318 g/mol. The third-order valence-corrected chi connectivity index (χ3v) is 3.21. The highest BCUT2D eigenvalue weighted by molar-refractivity contribution is 6.32. The summed E-state index contributed by atoms with van der Waals surface area (Å²) in [5.74, 6) is 0.428. The van der Waals surface area contributed by atoms with Gasteiger partial charge in [0, 0.05) is 5.56 Å². The van der Waals surface area contributed by atoms with E-state index in [9.17, 15) is 4.79 Å². The monoisotopic (exact) mass is 329 g/mol. The fourth-order valence-electron chi connectivity index (χ4n) is 1.84. The molecule has 0 aliphatic heterocycles. The molecule has 0 saturated heterocycles. The second-order valence-corrected chi connectivity index (χ2v) is 4.96. The summed E-state index contributed by atoms with van der Waals surface area (Å²) in [6, 6.07) is 16.2. The normalized spacial score (nSPS) is 10.3. The van der Waals surface area contributed by atoms with E-state index in [0.29, 0.717) is 16.7 Å². The Hall–Kier alpha value is -2.86. The van der Waals surface area contributed by atoms with Gasteiger partial charge in [-0.1, -0.05) is 41.9 Å². The van der Waals surface area contributed by atoms with E-state index in [0.717, 1.165) is 5.56 Å². The van der Waals surface area contributed by atoms with E-state index in [1.54, 1.807) is 24.3 Å². The first-order chi connectivity index (χ1) is 11.2. The van der Waals surface area contributed by atoms with Gasteiger partial charge in [-0.15, -0.1) is 0 Å². The number of nitrogens with zero attached hydrogens (tertiary/aromatic N) is 2. The molecule has 2 aromatic carbocycles. The van der Waals surface area contributed by atoms with Crippen LogP contribution in [0.15, 0.2) is 59.1 Å². The van der Waals surface area contributed by atoms with Crippen LogP contribution in [0.5, 0.6) is 5.75 Å². The fourth-order valence-corrected chi connectivity index (χ4v) is 2.03. The molecule has 3 aromatic rings. The predicted molar refractivity (Wildman–Crippen MR) is 85.3 cm³/mol. The lowest BCUT2D eigenvalue weighted by molar-refractivity contribution is -0.118. The number of halogens is 1. The third-order valence-electron chi connectivity index (χ3n) is 2.89. The summed E-state index contributed by atoms with van der Waals surface area (Å²) in [5.41, 5.74) is 0.771. The van der Waals surface area contributed by atoms with Crippen LogP contribution in [0.3, 0.4) is 0 Å². The summed E-state index contributed by atoms with van der Waals surface area (Å²) in [6.45, 7) is -0.209. The molecule has 0 fully saturated rings. The molecule has 116 valence electrons. The molecule has 6 nitrogen and oxygen atoms in total. The number of hydrogen-bond acceptors (Lipinski definition) is 5. The van der Waals surface area contributed by atoms with Crippen LogP contribution in [0.2, 0.25) is 5.02 Å². The summed E-state index contributed by atoms with van der Waals surface area (Å²) in [7, 11) is 0. The molecule has 7 heteroatoms. The van der Waals surface area contributed by atoms with Crippen molar-refractivity contribution < 1.29 is 14.1 Å². The molecule has 0 aliphatic carbocycles. The van der Waals surface area contributed by atoms with Gasteiger partial charge < -0.3 is 9.26 Å². The van der Waals surface area contributed by atoms with Crippen molar-refractivity contribution >= 4 is 23.5 Å². The Kier molecular flexibility index (Phi) is 4.54. The number of nitrogens with one attached hydrogen (secondary N) is 1. The molecule has 1 N–H and O–H groups in total. The average Bonchev–Trinajstić information content (AvgIpc) is 3.03. The van der Waals surface area contributed by atoms with Crippen molar-refractivity contribution in [2.75, 3.05) is 11.9 Å². The summed E-state index contributed by atoms with van der Waals surface area (Å²) in [6.07, 6.45) is 0. The molecule has 23 heavy (non-hydrogen) atoms. The highest BCUT2D eigenvalue weighted by Gasteiger charge is 2.12. The minimum atomic E-state index is -0.412. The lowest BCUT2D eigenvalue weighted by Crippen LogP contribution is -2.20. The van der Waals surface area contributed by atoms with Crippen LogP contribution in [0.4, 0.5) is 5.95 Å². The van der Waals surface area contributed by atoms with Gasteiger partial charge in [-0.3, -0.25) is 10.1 Å². The predicted octanol–water partition coefficient (Wildman–Crippen LogP) is 3.41. The van der Waals surface area contributed by atoms with Crippen LogP contribution >= 0.6 is 11.6 Å². The van der Waals surface area contributed by atoms with Gasteiger partial charge in [0.2, 0.25) is 0 Å². The minimum Gasteiger partial charge on any atom is -0.482 e. The van der Waals surface area contributed by atoms with Gasteiger partial charge in [0.25, 0.3) is 17.7 Å². The Morgan fingerprint density at radius 1 is 1.13 bits per heavy atom. The van der Waals surface area contributed by atoms with Gasteiger partial charge in [-0.25, -0.2) is 0 Å². The standard InChI is InChI=1S/C16H12ClN3O3/c17-12-8-4-5-9-13(12)22-10-14(21)18-16-19-15(23-20-16)11-6-2-1-3-7-11/h1-9H,10H2,(H,18,20,21). The second-order valence-electron chi connectivity index (χ2n) is 4.56. The fraction of sp³-hybridized carbons (Fsp3) is 0.0625. The third kappa shape index (κ3) is 3.87. The van der Waals surface area contributed by atoms with Crippen LogP contribution in [0, 0.1) is 0 Å². The van der Waals surface area contributed by atoms with Crippen LogP contribution in [-0.4, -0.2) is 22.7 Å². The number of carbonyl (C=O) groups excluding carboxylic acids is 1. The van der Waals surface area contributed by atoms with Crippen molar-refractivity contribution in [2.45, 2.75) is 0 Å². The molecule has 1 amide bonds. The molecule has 3 rings (SSSR count). The average molecular weight is 330 g/mol. The number of rotatable bonds is 5. The topological polar surface area (TPSA) is 77.2 Å². The number of amides is 1. The number of anilines is 1. The van der Waals surface area contributed by atoms with E-state index in [1.165, 1.54) is 0 Å². The zero-order valence-corrected chi connectivity index (χ0v) is 12.7. The SMILES string of the molecule is O=C(COc1ccccc1Cl)Nc1noc(-c2ccccc2)n1. The Bertz CT molecular complexity index is 805. The van der Waals surface area contributed by atoms with E-state index in [2.05, 4.69) is 15.5 Å². The van der Waals surface area contributed by atoms with Crippen LogP contribution in [-0.2, 0) is 4.79 Å². The van der Waals surface area contributed by atoms with Gasteiger partial charge in [0.15, 0.2) is 6.61 Å². The first-order valence-corrected chi connectivity index (χ1v) is 7.16. The highest BCUT2D eigenvalue weighted by atomic mass is 35.5. The lowest BCUT2D eigenvalue weighted by atomic mass is 10.2. The van der Waals surface area contributed by atoms with E-state index in [4.69, 9.17) is 20.9 Å². The molecular formula is C16H12ClN3O3. The Morgan fingerprint density at radius 3 is 2.65 bits per heavy atom. The van der Waals surface area contributed by atoms with Crippen LogP contribution in [0.1, 0.15) is 0 Å². The van der Waals surface area contributed by atoms with Crippen molar-refractivity contribution in [1.29, 1.82) is 0 Å². The summed E-state index contributed by atoms with van der Waals surface area (Å²) >= 11 is 5.94. The smallest absolute Gasteiger partial charge is 0.270 e. The van der Waals surface area contributed by atoms with Crippen molar-refractivity contribution in [3.8, 4) is 17.2 Å². The van der Waals surface area contributed by atoms with Crippen LogP contribution in [0.25, 0.3) is 11.5 Å². The number of carbonyl (C=O) groups is 1. The Labute approximate surface area is 137 Å². The molecule has 0 radical (unpaired) electrons. The second kappa shape index (κ2) is 6.93. The van der Waals surface area contributed by atoms with E-state index in [-0.39, 0.29) is 12.6 Å². The maximum atomic E-state index is 11.8. The molecule has 0 spiro atoms. The van der Waals surface area contributed by atoms with Gasteiger partial charge in [0.1, 0.15) is 5.75 Å². The van der Waals surface area contributed by atoms with Gasteiger partial charge in [-0.2, -0.15) is 4.98 Å². The van der Waals surface area contributed by atoms with Crippen molar-refractivity contribution in [1.82, 2.24) is 10.1 Å². The number of ether oxygens (including phenoxy) is 1. The van der Waals surface area contributed by atoms with Gasteiger partial charge in [0.05, 0.1) is 5.02 Å². The number of para-hydroxylation sites is 1. The van der Waals surface area contributed by atoms with Crippen LogP contribution < -0.4 is 10.1 Å². The zero-order valence-electron chi connectivity index (χ0n) is 11.9. The Morgan fingerprint density at radius 2 is 1.87 bits per heavy atom. The molecule has 0 atom stereocenters. The highest BCUT2D eigenvalue weighted by Crippen LogP contribution is 2.23. The van der Waals surface area contributed by atoms with E-state index < -0.39 is 5.91 Å². The maximum Gasteiger partial charge on any atom is 0.270 e. The molecule has 1 aromatic heterocycles. The van der Waals surface area contributed by atoms with E-state index in [1.807, 2.05) is 30.3 Å². The first kappa shape index (κ1) is 15.1. The van der Waals surface area contributed by atoms with Crippen molar-refractivity contribution in [3.05, 3.63) is 59.6 Å². The lowest BCUT2D eigenvalue weighted by Gasteiger charge is -2.06. The van der Waals surface area contributed by atoms with E-state index >= 15 is 0 Å². The van der Waals surface area contributed by atoms with Crippen molar-refractivity contribution in [3.63, 3.8) is 0 Å².